The van der Waals surface area contributed by atoms with Gasteiger partial charge in [0.15, 0.2) is 0 Å². The summed E-state index contributed by atoms with van der Waals surface area (Å²) in [6.07, 6.45) is -0.184. The molecule has 1 N–H and O–H groups in total. The second-order valence-electron chi connectivity index (χ2n) is 5.11. The minimum Gasteiger partial charge on any atom is -0.459 e. The van der Waals surface area contributed by atoms with E-state index in [0.29, 0.717) is 26.9 Å². The normalized spacial score (nSPS) is 10.5. The zero-order chi connectivity index (χ0) is 17.0. The molecule has 0 atom stereocenters. The summed E-state index contributed by atoms with van der Waals surface area (Å²) < 4.78 is 5.10. The number of benzene rings is 2. The number of ether oxygens (including phenoxy) is 1. The number of nitrogens with one attached hydrogen (secondary N) is 1. The highest BCUT2D eigenvalue weighted by Crippen LogP contribution is 2.23. The third kappa shape index (κ3) is 4.71. The van der Waals surface area contributed by atoms with Crippen LogP contribution in [-0.4, -0.2) is 18.0 Å². The molecule has 0 bridgehead atoms. The lowest BCUT2D eigenvalue weighted by Gasteiger charge is -2.09. The van der Waals surface area contributed by atoms with Gasteiger partial charge in [0.1, 0.15) is 0 Å². The fourth-order valence-electron chi connectivity index (χ4n) is 1.81. The summed E-state index contributed by atoms with van der Waals surface area (Å²) in [5, 5.41) is 3.42. The number of rotatable bonds is 4. The zero-order valence-electron chi connectivity index (χ0n) is 12.6. The highest BCUT2D eigenvalue weighted by Gasteiger charge is 2.11. The first-order valence-electron chi connectivity index (χ1n) is 6.94. The van der Waals surface area contributed by atoms with E-state index in [1.807, 2.05) is 0 Å². The van der Waals surface area contributed by atoms with Crippen molar-refractivity contribution in [2.75, 3.05) is 5.32 Å². The number of esters is 1. The van der Waals surface area contributed by atoms with Gasteiger partial charge in [0.05, 0.1) is 21.7 Å². The highest BCUT2D eigenvalue weighted by atomic mass is 35.5. The molecule has 120 valence electrons. The molecule has 0 radical (unpaired) electrons. The SMILES string of the molecule is CC(C)OC(=O)c1ccc(NC(=O)c2ccc(Cl)c(Cl)c2)cc1. The van der Waals surface area contributed by atoms with E-state index in [-0.39, 0.29) is 12.0 Å². The Kier molecular flexibility index (Phi) is 5.64. The number of hydrogen-bond acceptors (Lipinski definition) is 3. The molecule has 0 saturated carbocycles. The van der Waals surface area contributed by atoms with Crippen LogP contribution in [0.15, 0.2) is 42.5 Å². The van der Waals surface area contributed by atoms with Crippen LogP contribution >= 0.6 is 23.2 Å². The van der Waals surface area contributed by atoms with Crippen molar-refractivity contribution in [2.24, 2.45) is 0 Å². The van der Waals surface area contributed by atoms with Crippen molar-refractivity contribution in [1.82, 2.24) is 0 Å². The monoisotopic (exact) mass is 351 g/mol. The molecule has 2 rings (SSSR count). The van der Waals surface area contributed by atoms with Gasteiger partial charge in [-0.05, 0) is 56.3 Å². The molecule has 0 aromatic heterocycles. The van der Waals surface area contributed by atoms with E-state index in [9.17, 15) is 9.59 Å². The molecule has 0 heterocycles. The molecule has 0 unspecified atom stereocenters. The van der Waals surface area contributed by atoms with Crippen LogP contribution in [0.5, 0.6) is 0 Å². The average Bonchev–Trinajstić information content (AvgIpc) is 2.50. The Morgan fingerprint density at radius 3 is 2.13 bits per heavy atom. The van der Waals surface area contributed by atoms with Crippen LogP contribution in [0.25, 0.3) is 0 Å². The Balaban J connectivity index is 2.07. The van der Waals surface area contributed by atoms with E-state index in [4.69, 9.17) is 27.9 Å². The predicted octanol–water partition coefficient (Wildman–Crippen LogP) is 4.81. The number of carbonyl (C=O) groups is 2. The van der Waals surface area contributed by atoms with Crippen molar-refractivity contribution in [3.8, 4) is 0 Å². The summed E-state index contributed by atoms with van der Waals surface area (Å²) in [5.74, 6) is -0.719. The Morgan fingerprint density at radius 1 is 0.957 bits per heavy atom. The van der Waals surface area contributed by atoms with Gasteiger partial charge in [0.25, 0.3) is 5.91 Å². The molecule has 1 amide bonds. The fourth-order valence-corrected chi connectivity index (χ4v) is 2.11. The summed E-state index contributed by atoms with van der Waals surface area (Å²) >= 11 is 11.7. The second-order valence-corrected chi connectivity index (χ2v) is 5.93. The topological polar surface area (TPSA) is 55.4 Å². The Labute approximate surface area is 144 Å². The van der Waals surface area contributed by atoms with Crippen molar-refractivity contribution in [3.05, 3.63) is 63.6 Å². The maximum Gasteiger partial charge on any atom is 0.338 e. The molecule has 23 heavy (non-hydrogen) atoms. The van der Waals surface area contributed by atoms with E-state index in [2.05, 4.69) is 5.32 Å². The smallest absolute Gasteiger partial charge is 0.338 e. The lowest BCUT2D eigenvalue weighted by molar-refractivity contribution is 0.0378. The molecule has 0 saturated heterocycles. The number of hydrogen-bond donors (Lipinski definition) is 1. The van der Waals surface area contributed by atoms with Crippen molar-refractivity contribution in [1.29, 1.82) is 0 Å². The number of carbonyl (C=O) groups excluding carboxylic acids is 2. The van der Waals surface area contributed by atoms with E-state index in [0.717, 1.165) is 0 Å². The summed E-state index contributed by atoms with van der Waals surface area (Å²) in [6.45, 7) is 3.56. The van der Waals surface area contributed by atoms with Gasteiger partial charge < -0.3 is 10.1 Å². The first kappa shape index (κ1) is 17.3. The van der Waals surface area contributed by atoms with Crippen LogP contribution < -0.4 is 5.32 Å². The lowest BCUT2D eigenvalue weighted by atomic mass is 10.2. The molecule has 4 nitrogen and oxygen atoms in total. The maximum absolute atomic E-state index is 12.1. The van der Waals surface area contributed by atoms with E-state index < -0.39 is 5.97 Å². The molecular formula is C17H15Cl2NO3. The van der Waals surface area contributed by atoms with Gasteiger partial charge in [-0.1, -0.05) is 23.2 Å². The third-order valence-corrected chi connectivity index (χ3v) is 3.64. The molecule has 0 aliphatic rings. The summed E-state index contributed by atoms with van der Waals surface area (Å²) in [4.78, 5) is 23.9. The standard InChI is InChI=1S/C17H15Cl2NO3/c1-10(2)23-17(22)11-3-6-13(7-4-11)20-16(21)12-5-8-14(18)15(19)9-12/h3-10H,1-2H3,(H,20,21). The first-order valence-corrected chi connectivity index (χ1v) is 7.70. The van der Waals surface area contributed by atoms with Crippen molar-refractivity contribution < 1.29 is 14.3 Å². The van der Waals surface area contributed by atoms with Crippen molar-refractivity contribution in [3.63, 3.8) is 0 Å². The quantitative estimate of drug-likeness (QED) is 0.804. The van der Waals surface area contributed by atoms with Crippen LogP contribution in [0.4, 0.5) is 5.69 Å². The number of amides is 1. The van der Waals surface area contributed by atoms with Crippen molar-refractivity contribution in [2.45, 2.75) is 20.0 Å². The fraction of sp³-hybridized carbons (Fsp3) is 0.176. The maximum atomic E-state index is 12.1. The van der Waals surface area contributed by atoms with Crippen LogP contribution in [0.3, 0.4) is 0 Å². The number of anilines is 1. The lowest BCUT2D eigenvalue weighted by Crippen LogP contribution is -2.13. The molecule has 0 aliphatic carbocycles. The summed E-state index contributed by atoms with van der Waals surface area (Å²) in [7, 11) is 0. The highest BCUT2D eigenvalue weighted by molar-refractivity contribution is 6.42. The molecular weight excluding hydrogens is 337 g/mol. The predicted molar refractivity (Wildman–Crippen MR) is 91.4 cm³/mol. The molecule has 0 spiro atoms. The Morgan fingerprint density at radius 2 is 1.57 bits per heavy atom. The van der Waals surface area contributed by atoms with Crippen LogP contribution in [0.1, 0.15) is 34.6 Å². The summed E-state index contributed by atoms with van der Waals surface area (Å²) in [5.41, 5.74) is 1.37. The first-order chi connectivity index (χ1) is 10.9. The van der Waals surface area contributed by atoms with Gasteiger partial charge in [0, 0.05) is 11.3 Å². The van der Waals surface area contributed by atoms with E-state index >= 15 is 0 Å². The molecule has 2 aromatic carbocycles. The van der Waals surface area contributed by atoms with Crippen molar-refractivity contribution >= 4 is 40.8 Å². The zero-order valence-corrected chi connectivity index (χ0v) is 14.1. The van der Waals surface area contributed by atoms with Gasteiger partial charge in [-0.2, -0.15) is 0 Å². The molecule has 0 fully saturated rings. The third-order valence-electron chi connectivity index (χ3n) is 2.90. The summed E-state index contributed by atoms with van der Waals surface area (Å²) in [6, 6.07) is 11.1. The van der Waals surface area contributed by atoms with Gasteiger partial charge in [-0.3, -0.25) is 4.79 Å². The van der Waals surface area contributed by atoms with Crippen LogP contribution in [0.2, 0.25) is 10.0 Å². The minimum atomic E-state index is -0.401. The molecule has 0 aliphatic heterocycles. The van der Waals surface area contributed by atoms with E-state index in [1.54, 1.807) is 50.2 Å². The Hall–Kier alpha value is -2.04. The average molecular weight is 352 g/mol. The van der Waals surface area contributed by atoms with Gasteiger partial charge in [0.2, 0.25) is 0 Å². The van der Waals surface area contributed by atoms with E-state index in [1.165, 1.54) is 6.07 Å². The second kappa shape index (κ2) is 7.49. The van der Waals surface area contributed by atoms with Crippen LogP contribution in [-0.2, 0) is 4.74 Å². The molecule has 6 heteroatoms. The van der Waals surface area contributed by atoms with Gasteiger partial charge in [-0.15, -0.1) is 0 Å². The van der Waals surface area contributed by atoms with Gasteiger partial charge >= 0.3 is 5.97 Å². The van der Waals surface area contributed by atoms with Gasteiger partial charge in [-0.25, -0.2) is 4.79 Å². The van der Waals surface area contributed by atoms with Crippen LogP contribution in [0, 0.1) is 0 Å². The number of halogens is 2. The minimum absolute atomic E-state index is 0.184. The largest absolute Gasteiger partial charge is 0.459 e. The Bertz CT molecular complexity index is 727. The molecule has 2 aromatic rings.